The molecule has 0 spiro atoms. The van der Waals surface area contributed by atoms with Gasteiger partial charge in [0.2, 0.25) is 5.91 Å². The summed E-state index contributed by atoms with van der Waals surface area (Å²) in [6.45, 7) is 3.61. The van der Waals surface area contributed by atoms with E-state index in [0.717, 1.165) is 30.8 Å². The summed E-state index contributed by atoms with van der Waals surface area (Å²) < 4.78 is 57.9. The Hall–Kier alpha value is -4.98. The van der Waals surface area contributed by atoms with Gasteiger partial charge in [-0.2, -0.15) is 0 Å². The zero-order chi connectivity index (χ0) is 34.6. The summed E-state index contributed by atoms with van der Waals surface area (Å²) >= 11 is 0. The van der Waals surface area contributed by atoms with E-state index in [4.69, 9.17) is 14.2 Å². The first kappa shape index (κ1) is 35.3. The van der Waals surface area contributed by atoms with Crippen molar-refractivity contribution in [2.24, 2.45) is 0 Å². The van der Waals surface area contributed by atoms with Crippen molar-refractivity contribution < 1.29 is 36.6 Å². The lowest BCUT2D eigenvalue weighted by Crippen LogP contribution is -2.47. The number of sulfonamides is 1. The standard InChI is InChI=1S/C36H39FN4O7S/c1-46-31-13-7-27(8-14-31)25-41(35(28-5-3-2-4-6-28)36(43)38-19-20-40-21-23-47-24-22-40)34(42)26-48-32-15-17-33(18-16-32)49(44,45)39-30-11-9-29(37)10-12-30/h2-18,35,39H,19-26H2,1H3,(H,38,43). The molecule has 2 amide bonds. The van der Waals surface area contributed by atoms with Gasteiger partial charge in [-0.1, -0.05) is 42.5 Å². The van der Waals surface area contributed by atoms with Gasteiger partial charge in [-0.15, -0.1) is 0 Å². The van der Waals surface area contributed by atoms with E-state index >= 15 is 0 Å². The highest BCUT2D eigenvalue weighted by molar-refractivity contribution is 7.92. The minimum Gasteiger partial charge on any atom is -0.497 e. The van der Waals surface area contributed by atoms with Crippen LogP contribution >= 0.6 is 0 Å². The van der Waals surface area contributed by atoms with Crippen LogP contribution in [0.3, 0.4) is 0 Å². The fourth-order valence-electron chi connectivity index (χ4n) is 5.29. The molecular weight excluding hydrogens is 651 g/mol. The van der Waals surface area contributed by atoms with Crippen LogP contribution in [-0.2, 0) is 30.9 Å². The third-order valence-corrected chi connectivity index (χ3v) is 9.33. The largest absolute Gasteiger partial charge is 0.497 e. The summed E-state index contributed by atoms with van der Waals surface area (Å²) in [4.78, 5) is 31.5. The van der Waals surface area contributed by atoms with E-state index in [0.29, 0.717) is 37.6 Å². The van der Waals surface area contributed by atoms with E-state index in [1.54, 1.807) is 31.4 Å². The van der Waals surface area contributed by atoms with Gasteiger partial charge >= 0.3 is 0 Å². The normalized spacial score (nSPS) is 14.0. The van der Waals surface area contributed by atoms with E-state index in [1.165, 1.54) is 41.3 Å². The first-order valence-corrected chi connectivity index (χ1v) is 17.3. The third kappa shape index (κ3) is 10.0. The number of hydrogen-bond donors (Lipinski definition) is 2. The fourth-order valence-corrected chi connectivity index (χ4v) is 6.35. The molecule has 1 aliphatic heterocycles. The Morgan fingerprint density at radius 2 is 1.55 bits per heavy atom. The average Bonchev–Trinajstić information content (AvgIpc) is 3.12. The van der Waals surface area contributed by atoms with Gasteiger partial charge in [0, 0.05) is 38.4 Å². The number of methoxy groups -OCH3 is 1. The van der Waals surface area contributed by atoms with Gasteiger partial charge in [0.1, 0.15) is 23.4 Å². The van der Waals surface area contributed by atoms with Crippen molar-refractivity contribution in [2.45, 2.75) is 17.5 Å². The number of halogens is 1. The summed E-state index contributed by atoms with van der Waals surface area (Å²) in [5, 5.41) is 3.02. The fraction of sp³-hybridized carbons (Fsp3) is 0.278. The molecule has 2 N–H and O–H groups in total. The number of ether oxygens (including phenoxy) is 3. The molecule has 0 aliphatic carbocycles. The predicted octanol–water partition coefficient (Wildman–Crippen LogP) is 4.23. The minimum absolute atomic E-state index is 0.0467. The highest BCUT2D eigenvalue weighted by Gasteiger charge is 2.32. The van der Waals surface area contributed by atoms with Gasteiger partial charge in [0.15, 0.2) is 6.61 Å². The summed E-state index contributed by atoms with van der Waals surface area (Å²) in [6, 6.07) is 25.9. The molecule has 1 atom stereocenters. The zero-order valence-corrected chi connectivity index (χ0v) is 27.9. The van der Waals surface area contributed by atoms with Crippen molar-refractivity contribution in [3.05, 3.63) is 120 Å². The molecule has 0 saturated carbocycles. The first-order chi connectivity index (χ1) is 23.7. The second-order valence-corrected chi connectivity index (χ2v) is 13.0. The summed E-state index contributed by atoms with van der Waals surface area (Å²) in [7, 11) is -2.39. The molecule has 11 nitrogen and oxygen atoms in total. The smallest absolute Gasteiger partial charge is 0.261 e. The van der Waals surface area contributed by atoms with Gasteiger partial charge in [-0.3, -0.25) is 19.2 Å². The molecule has 258 valence electrons. The maximum atomic E-state index is 14.0. The maximum absolute atomic E-state index is 14.0. The van der Waals surface area contributed by atoms with Crippen molar-refractivity contribution in [1.29, 1.82) is 0 Å². The molecule has 0 aromatic heterocycles. The number of anilines is 1. The van der Waals surface area contributed by atoms with Crippen LogP contribution in [0, 0.1) is 5.82 Å². The molecule has 0 bridgehead atoms. The Labute approximate surface area is 285 Å². The van der Waals surface area contributed by atoms with Crippen molar-refractivity contribution in [3.63, 3.8) is 0 Å². The molecule has 4 aromatic carbocycles. The molecule has 1 fully saturated rings. The number of carbonyl (C=O) groups excluding carboxylic acids is 2. The second-order valence-electron chi connectivity index (χ2n) is 11.3. The number of nitrogens with one attached hydrogen (secondary N) is 2. The molecule has 1 saturated heterocycles. The first-order valence-electron chi connectivity index (χ1n) is 15.8. The lowest BCUT2D eigenvalue weighted by Gasteiger charge is -2.32. The van der Waals surface area contributed by atoms with Crippen LogP contribution in [0.25, 0.3) is 0 Å². The number of amides is 2. The molecule has 4 aromatic rings. The van der Waals surface area contributed by atoms with E-state index in [-0.39, 0.29) is 28.8 Å². The quantitative estimate of drug-likeness (QED) is 0.190. The highest BCUT2D eigenvalue weighted by Crippen LogP contribution is 2.26. The van der Waals surface area contributed by atoms with Crippen molar-refractivity contribution in [2.75, 3.05) is 57.8 Å². The van der Waals surface area contributed by atoms with Crippen LogP contribution in [-0.4, -0.2) is 83.1 Å². The molecule has 0 radical (unpaired) electrons. The van der Waals surface area contributed by atoms with Crippen molar-refractivity contribution >= 4 is 27.5 Å². The number of morpholine rings is 1. The third-order valence-electron chi connectivity index (χ3n) is 7.93. The van der Waals surface area contributed by atoms with E-state index in [9.17, 15) is 22.4 Å². The number of rotatable bonds is 15. The minimum atomic E-state index is -3.96. The van der Waals surface area contributed by atoms with Crippen LogP contribution in [0.2, 0.25) is 0 Å². The zero-order valence-electron chi connectivity index (χ0n) is 27.1. The number of carbonyl (C=O) groups is 2. The SMILES string of the molecule is COc1ccc(CN(C(=O)COc2ccc(S(=O)(=O)Nc3ccc(F)cc3)cc2)C(C(=O)NCCN2CCOCC2)c2ccccc2)cc1. The molecule has 13 heteroatoms. The van der Waals surface area contributed by atoms with Gasteiger partial charge in [-0.05, 0) is 71.8 Å². The van der Waals surface area contributed by atoms with Crippen LogP contribution in [0.5, 0.6) is 11.5 Å². The van der Waals surface area contributed by atoms with Gasteiger partial charge in [0.05, 0.1) is 25.2 Å². The monoisotopic (exact) mass is 690 g/mol. The van der Waals surface area contributed by atoms with Crippen LogP contribution in [0.4, 0.5) is 10.1 Å². The lowest BCUT2D eigenvalue weighted by atomic mass is 10.0. The Morgan fingerprint density at radius 1 is 0.898 bits per heavy atom. The van der Waals surface area contributed by atoms with Crippen LogP contribution in [0.1, 0.15) is 17.2 Å². The molecule has 1 heterocycles. The summed E-state index contributed by atoms with van der Waals surface area (Å²) in [5.74, 6) is -0.360. The number of nitrogens with zero attached hydrogens (tertiary/aromatic N) is 2. The van der Waals surface area contributed by atoms with Crippen molar-refractivity contribution in [1.82, 2.24) is 15.1 Å². The average molecular weight is 691 g/mol. The van der Waals surface area contributed by atoms with Crippen LogP contribution in [0.15, 0.2) is 108 Å². The van der Waals surface area contributed by atoms with Crippen molar-refractivity contribution in [3.8, 4) is 11.5 Å². The topological polar surface area (TPSA) is 127 Å². The van der Waals surface area contributed by atoms with E-state index < -0.39 is 34.4 Å². The number of benzene rings is 4. The van der Waals surface area contributed by atoms with Gasteiger partial charge in [0.25, 0.3) is 15.9 Å². The second kappa shape index (κ2) is 16.9. The predicted molar refractivity (Wildman–Crippen MR) is 182 cm³/mol. The molecule has 1 unspecified atom stereocenters. The number of hydrogen-bond acceptors (Lipinski definition) is 8. The van der Waals surface area contributed by atoms with Gasteiger partial charge < -0.3 is 24.4 Å². The van der Waals surface area contributed by atoms with E-state index in [2.05, 4.69) is 14.9 Å². The summed E-state index contributed by atoms with van der Waals surface area (Å²) in [5.41, 5.74) is 1.62. The van der Waals surface area contributed by atoms with Gasteiger partial charge in [-0.25, -0.2) is 12.8 Å². The summed E-state index contributed by atoms with van der Waals surface area (Å²) in [6.07, 6.45) is 0. The Morgan fingerprint density at radius 3 is 2.20 bits per heavy atom. The Bertz CT molecular complexity index is 1770. The van der Waals surface area contributed by atoms with E-state index in [1.807, 2.05) is 30.3 Å². The molecule has 1 aliphatic rings. The molecule has 49 heavy (non-hydrogen) atoms. The highest BCUT2D eigenvalue weighted by atomic mass is 32.2. The Balaban J connectivity index is 1.32. The Kier molecular flexibility index (Phi) is 12.2. The lowest BCUT2D eigenvalue weighted by molar-refractivity contribution is -0.143. The molecular formula is C36H39FN4O7S. The maximum Gasteiger partial charge on any atom is 0.261 e. The van der Waals surface area contributed by atoms with Crippen LogP contribution < -0.4 is 19.5 Å². The molecule has 5 rings (SSSR count).